The van der Waals surface area contributed by atoms with Gasteiger partial charge >= 0.3 is 0 Å². The molecule has 0 aliphatic carbocycles. The van der Waals surface area contributed by atoms with Crippen LogP contribution < -0.4 is 10.3 Å². The number of hydrogen-bond acceptors (Lipinski definition) is 3. The summed E-state index contributed by atoms with van der Waals surface area (Å²) in [7, 11) is 0. The maximum Gasteiger partial charge on any atom is 0.261 e. The summed E-state index contributed by atoms with van der Waals surface area (Å²) in [5.74, 6) is 0.324. The van der Waals surface area contributed by atoms with Crippen molar-refractivity contribution in [3.8, 4) is 5.75 Å². The number of carbonyl (C=O) groups excluding carboxylic acids is 1. The van der Waals surface area contributed by atoms with Crippen molar-refractivity contribution < 1.29 is 9.63 Å². The van der Waals surface area contributed by atoms with Crippen molar-refractivity contribution in [3.63, 3.8) is 0 Å². The lowest BCUT2D eigenvalue weighted by Crippen LogP contribution is -2.34. The van der Waals surface area contributed by atoms with Crippen molar-refractivity contribution in [2.45, 2.75) is 25.3 Å². The molecule has 1 N–H and O–H groups in total. The number of rotatable bonds is 3. The zero-order valence-corrected chi connectivity index (χ0v) is 10.5. The molecule has 0 saturated carbocycles. The van der Waals surface area contributed by atoms with Gasteiger partial charge in [-0.3, -0.25) is 9.48 Å². The molecule has 2 heterocycles. The molecule has 1 amide bonds. The standard InChI is InChI=1S/C14H15N3O2/c18-14(16-19-11-5-2-1-3-6-11)12-7-4-10-17-13(12)8-9-15-17/h1-3,5-6,8-9,12H,4,7,10H2,(H,16,18). The fourth-order valence-corrected chi connectivity index (χ4v) is 2.35. The number of nitrogens with one attached hydrogen (secondary N) is 1. The fourth-order valence-electron chi connectivity index (χ4n) is 2.35. The summed E-state index contributed by atoms with van der Waals surface area (Å²) in [5.41, 5.74) is 3.48. The molecule has 0 spiro atoms. The molecule has 5 nitrogen and oxygen atoms in total. The van der Waals surface area contributed by atoms with Crippen molar-refractivity contribution in [1.29, 1.82) is 0 Å². The average Bonchev–Trinajstić information content (AvgIpc) is 2.94. The predicted molar refractivity (Wildman–Crippen MR) is 69.4 cm³/mol. The van der Waals surface area contributed by atoms with Crippen LogP contribution >= 0.6 is 0 Å². The number of benzene rings is 1. The molecule has 1 atom stereocenters. The van der Waals surface area contributed by atoms with Gasteiger partial charge in [-0.1, -0.05) is 18.2 Å². The minimum absolute atomic E-state index is 0.120. The van der Waals surface area contributed by atoms with E-state index in [0.29, 0.717) is 5.75 Å². The van der Waals surface area contributed by atoms with Crippen molar-refractivity contribution in [2.24, 2.45) is 0 Å². The van der Waals surface area contributed by atoms with E-state index in [4.69, 9.17) is 4.84 Å². The quantitative estimate of drug-likeness (QED) is 0.854. The Balaban J connectivity index is 1.66. The zero-order chi connectivity index (χ0) is 13.1. The lowest BCUT2D eigenvalue weighted by molar-refractivity contribution is -0.129. The van der Waals surface area contributed by atoms with Crippen molar-refractivity contribution >= 4 is 5.91 Å². The minimum Gasteiger partial charge on any atom is -0.380 e. The molecular formula is C14H15N3O2. The van der Waals surface area contributed by atoms with Gasteiger partial charge in [-0.25, -0.2) is 0 Å². The Morgan fingerprint density at radius 1 is 1.32 bits per heavy atom. The molecule has 0 bridgehead atoms. The molecule has 1 aromatic carbocycles. The number of carbonyl (C=O) groups is 1. The van der Waals surface area contributed by atoms with Gasteiger partial charge < -0.3 is 4.84 Å². The van der Waals surface area contributed by atoms with Crippen LogP contribution in [-0.2, 0) is 11.3 Å². The number of fused-ring (bicyclic) bond motifs is 1. The summed E-state index contributed by atoms with van der Waals surface area (Å²) in [5, 5.41) is 4.20. The largest absolute Gasteiger partial charge is 0.380 e. The first-order valence-electron chi connectivity index (χ1n) is 6.38. The van der Waals surface area contributed by atoms with Gasteiger partial charge in [-0.2, -0.15) is 10.6 Å². The van der Waals surface area contributed by atoms with E-state index in [9.17, 15) is 4.79 Å². The second-order valence-corrected chi connectivity index (χ2v) is 4.56. The Morgan fingerprint density at radius 3 is 3.00 bits per heavy atom. The molecule has 98 valence electrons. The number of aryl methyl sites for hydroxylation is 1. The van der Waals surface area contributed by atoms with E-state index in [1.165, 1.54) is 0 Å². The van der Waals surface area contributed by atoms with Gasteiger partial charge in [0.05, 0.1) is 11.6 Å². The van der Waals surface area contributed by atoms with Gasteiger partial charge in [0, 0.05) is 12.7 Å². The highest BCUT2D eigenvalue weighted by Crippen LogP contribution is 2.26. The Labute approximate surface area is 111 Å². The maximum atomic E-state index is 12.2. The van der Waals surface area contributed by atoms with Crippen LogP contribution in [0.1, 0.15) is 24.5 Å². The van der Waals surface area contributed by atoms with Crippen LogP contribution in [0.15, 0.2) is 42.6 Å². The highest BCUT2D eigenvalue weighted by atomic mass is 16.7. The first-order chi connectivity index (χ1) is 9.34. The summed E-state index contributed by atoms with van der Waals surface area (Å²) in [6.45, 7) is 0.881. The monoisotopic (exact) mass is 257 g/mol. The summed E-state index contributed by atoms with van der Waals surface area (Å²) in [4.78, 5) is 17.4. The molecule has 3 rings (SSSR count). The number of hydroxylamine groups is 1. The third-order valence-corrected chi connectivity index (χ3v) is 3.30. The lowest BCUT2D eigenvalue weighted by Gasteiger charge is -2.22. The second-order valence-electron chi connectivity index (χ2n) is 4.56. The Hall–Kier alpha value is -2.30. The van der Waals surface area contributed by atoms with Crippen molar-refractivity contribution in [3.05, 3.63) is 48.3 Å². The summed E-state index contributed by atoms with van der Waals surface area (Å²) >= 11 is 0. The van der Waals surface area contributed by atoms with Crippen LogP contribution in [0.4, 0.5) is 0 Å². The topological polar surface area (TPSA) is 56.1 Å². The van der Waals surface area contributed by atoms with Crippen molar-refractivity contribution in [2.75, 3.05) is 0 Å². The normalized spacial score (nSPS) is 17.6. The Morgan fingerprint density at radius 2 is 2.16 bits per heavy atom. The van der Waals surface area contributed by atoms with Gasteiger partial charge in [0.25, 0.3) is 5.91 Å². The highest BCUT2D eigenvalue weighted by Gasteiger charge is 2.27. The molecule has 0 saturated heterocycles. The SMILES string of the molecule is O=C(NOc1ccccc1)C1CCCn2nccc21. The highest BCUT2D eigenvalue weighted by molar-refractivity contribution is 5.82. The van der Waals surface area contributed by atoms with Crippen LogP contribution in [0, 0.1) is 0 Å². The summed E-state index contributed by atoms with van der Waals surface area (Å²) in [6, 6.07) is 11.1. The number of aromatic nitrogens is 2. The molecule has 2 aromatic rings. The van der Waals surface area contributed by atoms with Crippen LogP contribution in [0.2, 0.25) is 0 Å². The van der Waals surface area contributed by atoms with E-state index in [2.05, 4.69) is 10.6 Å². The van der Waals surface area contributed by atoms with E-state index >= 15 is 0 Å². The van der Waals surface area contributed by atoms with Gasteiger partial charge in [-0.05, 0) is 31.0 Å². The second kappa shape index (κ2) is 5.14. The third kappa shape index (κ3) is 2.45. The maximum absolute atomic E-state index is 12.2. The molecule has 0 radical (unpaired) electrons. The van der Waals surface area contributed by atoms with E-state index in [0.717, 1.165) is 25.1 Å². The first kappa shape index (κ1) is 11.8. The molecule has 1 aliphatic heterocycles. The van der Waals surface area contributed by atoms with Crippen molar-refractivity contribution in [1.82, 2.24) is 15.3 Å². The van der Waals surface area contributed by atoms with Crippen LogP contribution in [-0.4, -0.2) is 15.7 Å². The molecule has 1 aromatic heterocycles. The Bertz CT molecular complexity index is 565. The van der Waals surface area contributed by atoms with Gasteiger partial charge in [0.15, 0.2) is 5.75 Å². The molecular weight excluding hydrogens is 242 g/mol. The number of nitrogens with zero attached hydrogens (tertiary/aromatic N) is 2. The third-order valence-electron chi connectivity index (χ3n) is 3.30. The smallest absolute Gasteiger partial charge is 0.261 e. The number of amides is 1. The number of hydrogen-bond donors (Lipinski definition) is 1. The molecule has 1 unspecified atom stereocenters. The Kier molecular flexibility index (Phi) is 3.18. The number of para-hydroxylation sites is 1. The van der Waals surface area contributed by atoms with Gasteiger partial charge in [0.2, 0.25) is 0 Å². The molecule has 19 heavy (non-hydrogen) atoms. The summed E-state index contributed by atoms with van der Waals surface area (Å²) in [6.07, 6.45) is 3.52. The van der Waals surface area contributed by atoms with E-state index in [-0.39, 0.29) is 11.8 Å². The molecule has 1 aliphatic rings. The fraction of sp³-hybridized carbons (Fsp3) is 0.286. The zero-order valence-electron chi connectivity index (χ0n) is 10.5. The van der Waals surface area contributed by atoms with Crippen LogP contribution in [0.3, 0.4) is 0 Å². The van der Waals surface area contributed by atoms with Gasteiger partial charge in [0.1, 0.15) is 0 Å². The lowest BCUT2D eigenvalue weighted by atomic mass is 9.96. The van der Waals surface area contributed by atoms with Crippen LogP contribution in [0.5, 0.6) is 5.75 Å². The van der Waals surface area contributed by atoms with Crippen LogP contribution in [0.25, 0.3) is 0 Å². The van der Waals surface area contributed by atoms with E-state index in [1.54, 1.807) is 18.3 Å². The summed E-state index contributed by atoms with van der Waals surface area (Å²) < 4.78 is 1.89. The van der Waals surface area contributed by atoms with E-state index < -0.39 is 0 Å². The first-order valence-corrected chi connectivity index (χ1v) is 6.38. The minimum atomic E-state index is -0.181. The average molecular weight is 257 g/mol. The van der Waals surface area contributed by atoms with E-state index in [1.807, 2.05) is 28.9 Å². The molecule has 5 heteroatoms. The molecule has 0 fully saturated rings. The predicted octanol–water partition coefficient (Wildman–Crippen LogP) is 1.87. The van der Waals surface area contributed by atoms with Gasteiger partial charge in [-0.15, -0.1) is 0 Å².